The molecule has 3 aromatic heterocycles. The van der Waals surface area contributed by atoms with Crippen LogP contribution in [-0.4, -0.2) is 39.8 Å². The van der Waals surface area contributed by atoms with Gasteiger partial charge in [0.2, 0.25) is 0 Å². The zero-order valence-corrected chi connectivity index (χ0v) is 19.4. The number of hydrogen-bond donors (Lipinski definition) is 0. The minimum absolute atomic E-state index is 0.0188. The van der Waals surface area contributed by atoms with Gasteiger partial charge in [-0.3, -0.25) is 9.36 Å². The summed E-state index contributed by atoms with van der Waals surface area (Å²) in [6.45, 7) is 5.10. The van der Waals surface area contributed by atoms with Crippen LogP contribution in [0.1, 0.15) is 27.7 Å². The Kier molecular flexibility index (Phi) is 8.28. The topological polar surface area (TPSA) is 65.2 Å². The Balaban J connectivity index is 0.000000860. The fraction of sp³-hybridized carbons (Fsp3) is 0.348. The second-order valence-electron chi connectivity index (χ2n) is 6.47. The predicted octanol–water partition coefficient (Wildman–Crippen LogP) is 4.99. The van der Waals surface area contributed by atoms with E-state index in [-0.39, 0.29) is 11.3 Å². The molecule has 0 N–H and O–H groups in total. The van der Waals surface area contributed by atoms with E-state index in [9.17, 15) is 13.6 Å². The second-order valence-corrected chi connectivity index (χ2v) is 6.47. The number of pyridine rings is 1. The van der Waals surface area contributed by atoms with E-state index >= 15 is 0 Å². The van der Waals surface area contributed by atoms with Gasteiger partial charge in [-0.2, -0.15) is 8.78 Å². The molecule has 0 radical (unpaired) electrons. The second kappa shape index (κ2) is 10.7. The number of rotatable bonds is 4. The number of nitrogens with zero attached hydrogens (tertiary/aromatic N) is 5. The number of alkyl halides is 2. The normalized spacial score (nSPS) is 10.4. The van der Waals surface area contributed by atoms with Crippen molar-refractivity contribution in [2.45, 2.75) is 34.3 Å². The third-order valence-electron chi connectivity index (χ3n) is 4.57. The Morgan fingerprint density at radius 2 is 1.62 bits per heavy atom. The number of fused-ring (bicyclic) bond motifs is 3. The molecular formula is C23H29F2N5O2. The van der Waals surface area contributed by atoms with Gasteiger partial charge < -0.3 is 14.2 Å². The lowest BCUT2D eigenvalue weighted by Gasteiger charge is -2.13. The van der Waals surface area contributed by atoms with Crippen LogP contribution in [0.5, 0.6) is 5.75 Å². The highest BCUT2D eigenvalue weighted by molar-refractivity contribution is 6.10. The molecule has 0 spiro atoms. The fourth-order valence-electron chi connectivity index (χ4n) is 3.30. The number of ether oxygens (including phenoxy) is 1. The van der Waals surface area contributed by atoms with Crippen LogP contribution >= 0.6 is 0 Å². The van der Waals surface area contributed by atoms with Crippen molar-refractivity contribution in [3.8, 4) is 11.4 Å². The van der Waals surface area contributed by atoms with Crippen LogP contribution < -0.4 is 15.2 Å². The van der Waals surface area contributed by atoms with E-state index in [4.69, 9.17) is 0 Å². The summed E-state index contributed by atoms with van der Waals surface area (Å²) in [5.41, 5.74) is 2.75. The van der Waals surface area contributed by atoms with Gasteiger partial charge in [-0.05, 0) is 30.3 Å². The molecule has 0 unspecified atom stereocenters. The summed E-state index contributed by atoms with van der Waals surface area (Å²) in [4.78, 5) is 24.0. The minimum Gasteiger partial charge on any atom is -0.435 e. The lowest BCUT2D eigenvalue weighted by Crippen LogP contribution is -2.20. The van der Waals surface area contributed by atoms with Gasteiger partial charge in [0.1, 0.15) is 28.8 Å². The molecule has 172 valence electrons. The summed E-state index contributed by atoms with van der Waals surface area (Å²) in [7, 11) is 5.60. The molecule has 0 bridgehead atoms. The average Bonchev–Trinajstić information content (AvgIpc) is 3.10. The number of halogens is 2. The third kappa shape index (κ3) is 4.56. The van der Waals surface area contributed by atoms with E-state index in [0.717, 1.165) is 11.1 Å². The maximum absolute atomic E-state index is 13.2. The molecule has 0 saturated carbocycles. The molecule has 0 amide bonds. The molecular weight excluding hydrogens is 416 g/mol. The van der Waals surface area contributed by atoms with Gasteiger partial charge in [0.25, 0.3) is 5.56 Å². The van der Waals surface area contributed by atoms with E-state index in [0.29, 0.717) is 22.4 Å². The lowest BCUT2D eigenvalue weighted by molar-refractivity contribution is -0.0498. The first-order valence-electron chi connectivity index (χ1n) is 10.5. The minimum atomic E-state index is -2.90. The number of hydrogen-bond acceptors (Lipinski definition) is 5. The predicted molar refractivity (Wildman–Crippen MR) is 125 cm³/mol. The summed E-state index contributed by atoms with van der Waals surface area (Å²) >= 11 is 0. The number of benzene rings is 1. The molecule has 0 fully saturated rings. The van der Waals surface area contributed by atoms with E-state index in [1.807, 2.05) is 52.8 Å². The number of anilines is 1. The van der Waals surface area contributed by atoms with Gasteiger partial charge in [-0.1, -0.05) is 27.7 Å². The Hall–Kier alpha value is -3.49. The summed E-state index contributed by atoms with van der Waals surface area (Å²) in [6.07, 6.45) is 3.12. The van der Waals surface area contributed by atoms with Gasteiger partial charge in [0, 0.05) is 27.3 Å². The summed E-state index contributed by atoms with van der Waals surface area (Å²) in [5.74, 6) is 0.0188. The molecule has 0 aliphatic rings. The molecule has 1 aromatic carbocycles. The van der Waals surface area contributed by atoms with Crippen LogP contribution in [0.3, 0.4) is 0 Å². The van der Waals surface area contributed by atoms with Crippen LogP contribution in [0.15, 0.2) is 47.7 Å². The Bertz CT molecular complexity index is 1230. The van der Waals surface area contributed by atoms with Gasteiger partial charge >= 0.3 is 6.61 Å². The highest BCUT2D eigenvalue weighted by Gasteiger charge is 2.19. The average molecular weight is 446 g/mol. The molecule has 7 nitrogen and oxygen atoms in total. The van der Waals surface area contributed by atoms with Gasteiger partial charge in [-0.25, -0.2) is 9.97 Å². The molecule has 32 heavy (non-hydrogen) atoms. The van der Waals surface area contributed by atoms with Crippen molar-refractivity contribution in [2.24, 2.45) is 7.05 Å². The van der Waals surface area contributed by atoms with E-state index in [1.54, 1.807) is 17.8 Å². The van der Waals surface area contributed by atoms with Crippen LogP contribution in [0.25, 0.3) is 27.8 Å². The van der Waals surface area contributed by atoms with Gasteiger partial charge in [-0.15, -0.1) is 0 Å². The van der Waals surface area contributed by atoms with Crippen molar-refractivity contribution in [1.82, 2.24) is 19.1 Å². The van der Waals surface area contributed by atoms with Gasteiger partial charge in [0.05, 0.1) is 16.8 Å². The van der Waals surface area contributed by atoms with Crippen molar-refractivity contribution in [1.29, 1.82) is 0 Å². The first kappa shape index (κ1) is 24.8. The van der Waals surface area contributed by atoms with Crippen LogP contribution in [0, 0.1) is 0 Å². The highest BCUT2D eigenvalue weighted by atomic mass is 19.3. The van der Waals surface area contributed by atoms with Gasteiger partial charge in [0.15, 0.2) is 0 Å². The molecule has 0 atom stereocenters. The van der Waals surface area contributed by atoms with E-state index in [1.165, 1.54) is 35.2 Å². The summed E-state index contributed by atoms with van der Waals surface area (Å²) < 4.78 is 32.1. The lowest BCUT2D eigenvalue weighted by atomic mass is 10.2. The largest absolute Gasteiger partial charge is 0.435 e. The highest BCUT2D eigenvalue weighted by Crippen LogP contribution is 2.31. The molecule has 9 heteroatoms. The van der Waals surface area contributed by atoms with E-state index < -0.39 is 6.61 Å². The van der Waals surface area contributed by atoms with Crippen LogP contribution in [-0.2, 0) is 7.05 Å². The van der Waals surface area contributed by atoms with Crippen molar-refractivity contribution in [3.05, 3.63) is 53.2 Å². The first-order chi connectivity index (χ1) is 15.4. The summed E-state index contributed by atoms with van der Waals surface area (Å²) in [5, 5.41) is 0.801. The maximum atomic E-state index is 13.2. The summed E-state index contributed by atoms with van der Waals surface area (Å²) in [6, 6.07) is 7.69. The quantitative estimate of drug-likeness (QED) is 0.443. The van der Waals surface area contributed by atoms with Crippen LogP contribution in [0.4, 0.5) is 14.5 Å². The maximum Gasteiger partial charge on any atom is 0.387 e. The van der Waals surface area contributed by atoms with Crippen molar-refractivity contribution >= 4 is 27.8 Å². The van der Waals surface area contributed by atoms with Crippen molar-refractivity contribution in [3.63, 3.8) is 0 Å². The monoisotopic (exact) mass is 445 g/mol. The van der Waals surface area contributed by atoms with Crippen molar-refractivity contribution in [2.75, 3.05) is 19.0 Å². The Labute approximate surface area is 185 Å². The molecule has 4 aromatic rings. The molecule has 0 aliphatic heterocycles. The number of aryl methyl sites for hydroxylation is 1. The molecule has 0 saturated heterocycles. The molecule has 4 rings (SSSR count). The van der Waals surface area contributed by atoms with Crippen molar-refractivity contribution < 1.29 is 13.5 Å². The zero-order chi connectivity index (χ0) is 24.0. The Morgan fingerprint density at radius 3 is 2.19 bits per heavy atom. The van der Waals surface area contributed by atoms with E-state index in [2.05, 4.69) is 14.7 Å². The molecule has 0 aliphatic carbocycles. The molecule has 3 heterocycles. The van der Waals surface area contributed by atoms with Crippen LogP contribution in [0.2, 0.25) is 0 Å². The fourth-order valence-corrected chi connectivity index (χ4v) is 3.30. The number of aromatic nitrogens is 4. The smallest absolute Gasteiger partial charge is 0.387 e. The zero-order valence-electron chi connectivity index (χ0n) is 19.4. The first-order valence-corrected chi connectivity index (χ1v) is 10.5. The standard InChI is InChI=1S/C19H17F2N5O2.2C2H6/c1-24(2)13-8-9-22-17-14(13)15-16(25(17)3)18(27)26(10-23-15)11-4-6-12(7-5-11)28-19(20)21;2*1-2/h4-10,19H,1-3H3;2*1-2H3. The third-order valence-corrected chi connectivity index (χ3v) is 4.57. The Morgan fingerprint density at radius 1 is 1.00 bits per heavy atom. The SMILES string of the molecule is CC.CC.CN(C)c1ccnc2c1c1ncn(-c3ccc(OC(F)F)cc3)c(=O)c1n2C.